The van der Waals surface area contributed by atoms with Crippen molar-refractivity contribution in [3.8, 4) is 0 Å². The van der Waals surface area contributed by atoms with Gasteiger partial charge in [0.05, 0.1) is 0 Å². The molecule has 0 radical (unpaired) electrons. The first kappa shape index (κ1) is 10.1. The summed E-state index contributed by atoms with van der Waals surface area (Å²) in [5.41, 5.74) is 6.95. The van der Waals surface area contributed by atoms with Gasteiger partial charge < -0.3 is 5.73 Å². The SMILES string of the molecule is N[C@H](c1cc(F)cc(Br)c1)C1CCC1. The van der Waals surface area contributed by atoms with Gasteiger partial charge in [0.2, 0.25) is 0 Å². The number of hydrogen-bond donors (Lipinski definition) is 1. The van der Waals surface area contributed by atoms with E-state index in [1.807, 2.05) is 6.07 Å². The molecular formula is C11H13BrFN. The zero-order valence-electron chi connectivity index (χ0n) is 7.84. The summed E-state index contributed by atoms with van der Waals surface area (Å²) in [5, 5.41) is 0. The third-order valence-electron chi connectivity index (χ3n) is 2.93. The predicted molar refractivity (Wildman–Crippen MR) is 58.4 cm³/mol. The van der Waals surface area contributed by atoms with Gasteiger partial charge in [-0.1, -0.05) is 22.4 Å². The zero-order chi connectivity index (χ0) is 10.1. The van der Waals surface area contributed by atoms with E-state index in [2.05, 4.69) is 15.9 Å². The summed E-state index contributed by atoms with van der Waals surface area (Å²) in [6, 6.07) is 4.90. The molecule has 0 aromatic heterocycles. The Morgan fingerprint density at radius 3 is 2.57 bits per heavy atom. The number of rotatable bonds is 2. The Labute approximate surface area is 91.6 Å². The molecule has 2 N–H and O–H groups in total. The van der Waals surface area contributed by atoms with Crippen LogP contribution in [0.1, 0.15) is 30.9 Å². The third kappa shape index (κ3) is 1.98. The molecule has 1 saturated carbocycles. The van der Waals surface area contributed by atoms with E-state index in [9.17, 15) is 4.39 Å². The van der Waals surface area contributed by atoms with E-state index in [1.165, 1.54) is 31.4 Å². The highest BCUT2D eigenvalue weighted by Gasteiger charge is 2.25. The van der Waals surface area contributed by atoms with E-state index in [4.69, 9.17) is 5.73 Å². The first-order chi connectivity index (χ1) is 6.66. The van der Waals surface area contributed by atoms with Gasteiger partial charge >= 0.3 is 0 Å². The van der Waals surface area contributed by atoms with Crippen molar-refractivity contribution in [2.45, 2.75) is 25.3 Å². The molecule has 0 aliphatic heterocycles. The fraction of sp³-hybridized carbons (Fsp3) is 0.455. The van der Waals surface area contributed by atoms with Gasteiger partial charge in [-0.05, 0) is 42.5 Å². The normalized spacial score (nSPS) is 19.1. The van der Waals surface area contributed by atoms with Crippen LogP contribution in [0.2, 0.25) is 0 Å². The molecule has 0 heterocycles. The Morgan fingerprint density at radius 2 is 2.07 bits per heavy atom. The smallest absolute Gasteiger partial charge is 0.124 e. The molecule has 14 heavy (non-hydrogen) atoms. The number of nitrogens with two attached hydrogens (primary N) is 1. The highest BCUT2D eigenvalue weighted by Crippen LogP contribution is 2.36. The molecule has 1 aromatic carbocycles. The molecule has 1 nitrogen and oxygen atoms in total. The third-order valence-corrected chi connectivity index (χ3v) is 3.39. The van der Waals surface area contributed by atoms with Gasteiger partial charge in [-0.3, -0.25) is 0 Å². The van der Waals surface area contributed by atoms with Crippen molar-refractivity contribution in [3.63, 3.8) is 0 Å². The fourth-order valence-electron chi connectivity index (χ4n) is 1.84. The molecule has 1 atom stereocenters. The summed E-state index contributed by atoms with van der Waals surface area (Å²) < 4.78 is 13.9. The Kier molecular flexibility index (Phi) is 2.88. The minimum atomic E-state index is -0.218. The number of benzene rings is 1. The standard InChI is InChI=1S/C11H13BrFN/c12-9-4-8(5-10(13)6-9)11(14)7-2-1-3-7/h4-7,11H,1-3,14H2/t11-/m0/s1. The van der Waals surface area contributed by atoms with Crippen LogP contribution in [-0.4, -0.2) is 0 Å². The summed E-state index contributed by atoms with van der Waals surface area (Å²) in [6.07, 6.45) is 3.61. The second-order valence-corrected chi connectivity index (χ2v) is 4.84. The van der Waals surface area contributed by atoms with Crippen molar-refractivity contribution in [1.29, 1.82) is 0 Å². The van der Waals surface area contributed by atoms with Crippen molar-refractivity contribution in [2.24, 2.45) is 11.7 Å². The molecule has 1 fully saturated rings. The van der Waals surface area contributed by atoms with Crippen LogP contribution >= 0.6 is 15.9 Å². The quantitative estimate of drug-likeness (QED) is 0.864. The predicted octanol–water partition coefficient (Wildman–Crippen LogP) is 3.39. The Balaban J connectivity index is 2.21. The molecular weight excluding hydrogens is 245 g/mol. The second-order valence-electron chi connectivity index (χ2n) is 3.92. The van der Waals surface area contributed by atoms with Crippen molar-refractivity contribution in [1.82, 2.24) is 0 Å². The minimum Gasteiger partial charge on any atom is -0.324 e. The Hall–Kier alpha value is -0.410. The summed E-state index contributed by atoms with van der Waals surface area (Å²) in [6.45, 7) is 0. The minimum absolute atomic E-state index is 0.00394. The molecule has 76 valence electrons. The highest BCUT2D eigenvalue weighted by atomic mass is 79.9. The van der Waals surface area contributed by atoms with Gasteiger partial charge in [0.15, 0.2) is 0 Å². The molecule has 0 unspecified atom stereocenters. The van der Waals surface area contributed by atoms with Crippen LogP contribution in [0.3, 0.4) is 0 Å². The first-order valence-electron chi connectivity index (χ1n) is 4.88. The maximum absolute atomic E-state index is 13.1. The molecule has 2 rings (SSSR count). The van der Waals surface area contributed by atoms with Crippen LogP contribution in [-0.2, 0) is 0 Å². The monoisotopic (exact) mass is 257 g/mol. The van der Waals surface area contributed by atoms with Crippen LogP contribution in [0.4, 0.5) is 4.39 Å². The first-order valence-corrected chi connectivity index (χ1v) is 5.67. The molecule has 1 aliphatic carbocycles. The van der Waals surface area contributed by atoms with E-state index in [0.717, 1.165) is 10.0 Å². The summed E-state index contributed by atoms with van der Waals surface area (Å²) in [4.78, 5) is 0. The Bertz CT molecular complexity index is 316. The van der Waals surface area contributed by atoms with Gasteiger partial charge in [-0.2, -0.15) is 0 Å². The van der Waals surface area contributed by atoms with Gasteiger partial charge in [0.1, 0.15) is 5.82 Å². The van der Waals surface area contributed by atoms with Gasteiger partial charge in [0, 0.05) is 10.5 Å². The van der Waals surface area contributed by atoms with E-state index in [-0.39, 0.29) is 11.9 Å². The van der Waals surface area contributed by atoms with Crippen LogP contribution < -0.4 is 5.73 Å². The van der Waals surface area contributed by atoms with E-state index < -0.39 is 0 Å². The van der Waals surface area contributed by atoms with Crippen molar-refractivity contribution in [2.75, 3.05) is 0 Å². The average Bonchev–Trinajstić information content (AvgIpc) is 1.98. The van der Waals surface area contributed by atoms with Crippen LogP contribution in [0.15, 0.2) is 22.7 Å². The van der Waals surface area contributed by atoms with Gasteiger partial charge in [-0.25, -0.2) is 4.39 Å². The van der Waals surface area contributed by atoms with Gasteiger partial charge in [-0.15, -0.1) is 0 Å². The highest BCUT2D eigenvalue weighted by molar-refractivity contribution is 9.10. The zero-order valence-corrected chi connectivity index (χ0v) is 9.43. The van der Waals surface area contributed by atoms with Crippen molar-refractivity contribution < 1.29 is 4.39 Å². The van der Waals surface area contributed by atoms with Crippen molar-refractivity contribution in [3.05, 3.63) is 34.1 Å². The molecule has 0 spiro atoms. The largest absolute Gasteiger partial charge is 0.324 e. The molecule has 1 aliphatic rings. The van der Waals surface area contributed by atoms with Crippen LogP contribution in [0.25, 0.3) is 0 Å². The lowest BCUT2D eigenvalue weighted by atomic mass is 9.77. The molecule has 0 amide bonds. The molecule has 1 aromatic rings. The number of hydrogen-bond acceptors (Lipinski definition) is 1. The Morgan fingerprint density at radius 1 is 1.36 bits per heavy atom. The summed E-state index contributed by atoms with van der Waals surface area (Å²) in [7, 11) is 0. The van der Waals surface area contributed by atoms with Crippen molar-refractivity contribution >= 4 is 15.9 Å². The molecule has 0 bridgehead atoms. The molecule has 0 saturated heterocycles. The number of halogens is 2. The van der Waals surface area contributed by atoms with Crippen LogP contribution in [0, 0.1) is 11.7 Å². The maximum Gasteiger partial charge on any atom is 0.124 e. The lowest BCUT2D eigenvalue weighted by Crippen LogP contribution is -2.26. The van der Waals surface area contributed by atoms with E-state index >= 15 is 0 Å². The summed E-state index contributed by atoms with van der Waals surface area (Å²) in [5.74, 6) is 0.327. The van der Waals surface area contributed by atoms with E-state index in [0.29, 0.717) is 5.92 Å². The van der Waals surface area contributed by atoms with E-state index in [1.54, 1.807) is 0 Å². The average molecular weight is 258 g/mol. The van der Waals surface area contributed by atoms with Gasteiger partial charge in [0.25, 0.3) is 0 Å². The second kappa shape index (κ2) is 3.99. The topological polar surface area (TPSA) is 26.0 Å². The lowest BCUT2D eigenvalue weighted by molar-refractivity contribution is 0.264. The summed E-state index contributed by atoms with van der Waals surface area (Å²) >= 11 is 3.27. The lowest BCUT2D eigenvalue weighted by Gasteiger charge is -2.31. The van der Waals surface area contributed by atoms with Crippen LogP contribution in [0.5, 0.6) is 0 Å². The fourth-order valence-corrected chi connectivity index (χ4v) is 2.32. The maximum atomic E-state index is 13.1. The molecule has 3 heteroatoms.